The largest absolute Gasteiger partial charge is 0.493 e. The molecule has 28 heavy (non-hydrogen) atoms. The van der Waals surface area contributed by atoms with Gasteiger partial charge in [-0.3, -0.25) is 4.99 Å². The third-order valence-electron chi connectivity index (χ3n) is 4.69. The molecule has 0 saturated heterocycles. The van der Waals surface area contributed by atoms with Crippen LogP contribution in [-0.2, 0) is 13.1 Å². The van der Waals surface area contributed by atoms with Crippen molar-refractivity contribution in [3.8, 4) is 11.8 Å². The van der Waals surface area contributed by atoms with Crippen LogP contribution >= 0.6 is 0 Å². The van der Waals surface area contributed by atoms with Gasteiger partial charge in [0, 0.05) is 31.3 Å². The van der Waals surface area contributed by atoms with Crippen LogP contribution in [0.25, 0.3) is 0 Å². The summed E-state index contributed by atoms with van der Waals surface area (Å²) in [6.45, 7) is 3.59. The Hall–Kier alpha value is -3.07. The number of aryl methyl sites for hydroxylation is 1. The molecule has 0 atom stereocenters. The molecule has 6 heteroatoms. The van der Waals surface area contributed by atoms with Crippen LogP contribution in [-0.4, -0.2) is 19.6 Å². The first-order valence-electron chi connectivity index (χ1n) is 9.44. The van der Waals surface area contributed by atoms with Gasteiger partial charge in [-0.1, -0.05) is 12.1 Å². The van der Waals surface area contributed by atoms with Gasteiger partial charge in [-0.2, -0.15) is 5.26 Å². The highest BCUT2D eigenvalue weighted by Crippen LogP contribution is 2.30. The molecule has 0 bridgehead atoms. The Morgan fingerprint density at radius 1 is 1.18 bits per heavy atom. The number of benzene rings is 2. The topological polar surface area (TPSA) is 69.4 Å². The highest BCUT2D eigenvalue weighted by Gasteiger charge is 2.22. The maximum Gasteiger partial charge on any atom is 0.191 e. The summed E-state index contributed by atoms with van der Waals surface area (Å²) in [5.74, 6) is 1.78. The SMILES string of the molecule is CN=C(NCc1cc(C#N)ccc1F)NCc1ccc(C)cc1OCC1CC1. The Labute approximate surface area is 165 Å². The molecule has 2 aromatic carbocycles. The number of guanidine groups is 1. The van der Waals surface area contributed by atoms with Crippen LogP contribution in [0.2, 0.25) is 0 Å². The maximum absolute atomic E-state index is 13.9. The normalized spacial score (nSPS) is 13.7. The van der Waals surface area contributed by atoms with E-state index in [0.717, 1.165) is 23.5 Å². The molecular weight excluding hydrogens is 355 g/mol. The molecule has 0 amide bonds. The summed E-state index contributed by atoms with van der Waals surface area (Å²) in [5, 5.41) is 15.3. The van der Waals surface area contributed by atoms with Gasteiger partial charge in [0.15, 0.2) is 5.96 Å². The van der Waals surface area contributed by atoms with Crippen molar-refractivity contribution in [1.82, 2.24) is 10.6 Å². The molecule has 1 aliphatic carbocycles. The van der Waals surface area contributed by atoms with Gasteiger partial charge in [0.25, 0.3) is 0 Å². The number of aliphatic imine (C=N–C) groups is 1. The molecule has 0 unspecified atom stereocenters. The summed E-state index contributed by atoms with van der Waals surface area (Å²) < 4.78 is 19.9. The van der Waals surface area contributed by atoms with Crippen molar-refractivity contribution in [3.63, 3.8) is 0 Å². The molecule has 0 aliphatic heterocycles. The summed E-state index contributed by atoms with van der Waals surface area (Å²) in [6, 6.07) is 12.5. The number of hydrogen-bond acceptors (Lipinski definition) is 3. The fourth-order valence-corrected chi connectivity index (χ4v) is 2.79. The maximum atomic E-state index is 13.9. The quantitative estimate of drug-likeness (QED) is 0.568. The van der Waals surface area contributed by atoms with Crippen LogP contribution < -0.4 is 15.4 Å². The van der Waals surface area contributed by atoms with Crippen molar-refractivity contribution in [1.29, 1.82) is 5.26 Å². The van der Waals surface area contributed by atoms with Crippen LogP contribution in [0.4, 0.5) is 4.39 Å². The fraction of sp³-hybridized carbons (Fsp3) is 0.364. The average Bonchev–Trinajstić information content (AvgIpc) is 3.53. The number of halogens is 1. The first kappa shape index (κ1) is 19.7. The highest BCUT2D eigenvalue weighted by molar-refractivity contribution is 5.79. The lowest BCUT2D eigenvalue weighted by molar-refractivity contribution is 0.296. The van der Waals surface area contributed by atoms with E-state index in [1.165, 1.54) is 25.0 Å². The minimum Gasteiger partial charge on any atom is -0.493 e. The van der Waals surface area contributed by atoms with E-state index >= 15 is 0 Å². The van der Waals surface area contributed by atoms with E-state index in [9.17, 15) is 4.39 Å². The molecule has 1 saturated carbocycles. The van der Waals surface area contributed by atoms with Crippen molar-refractivity contribution < 1.29 is 9.13 Å². The van der Waals surface area contributed by atoms with Gasteiger partial charge >= 0.3 is 0 Å². The predicted molar refractivity (Wildman–Crippen MR) is 108 cm³/mol. The molecule has 3 rings (SSSR count). The van der Waals surface area contributed by atoms with Crippen molar-refractivity contribution >= 4 is 5.96 Å². The molecule has 0 aromatic heterocycles. The average molecular weight is 380 g/mol. The highest BCUT2D eigenvalue weighted by atomic mass is 19.1. The zero-order valence-corrected chi connectivity index (χ0v) is 16.3. The molecule has 0 radical (unpaired) electrons. The Morgan fingerprint density at radius 3 is 2.61 bits per heavy atom. The van der Waals surface area contributed by atoms with E-state index in [-0.39, 0.29) is 12.4 Å². The number of nitrogens with zero attached hydrogens (tertiary/aromatic N) is 2. The Morgan fingerprint density at radius 2 is 1.93 bits per heavy atom. The van der Waals surface area contributed by atoms with Crippen molar-refractivity contribution in [2.45, 2.75) is 32.9 Å². The summed E-state index contributed by atoms with van der Waals surface area (Å²) in [7, 11) is 1.66. The van der Waals surface area contributed by atoms with E-state index in [1.54, 1.807) is 13.1 Å². The third kappa shape index (κ3) is 5.46. The minimum absolute atomic E-state index is 0.236. The van der Waals surface area contributed by atoms with Crippen molar-refractivity contribution in [2.75, 3.05) is 13.7 Å². The van der Waals surface area contributed by atoms with Gasteiger partial charge in [-0.25, -0.2) is 4.39 Å². The Balaban J connectivity index is 1.59. The van der Waals surface area contributed by atoms with Crippen LogP contribution in [0.1, 0.15) is 35.1 Å². The van der Waals surface area contributed by atoms with Crippen LogP contribution in [0, 0.1) is 30.0 Å². The van der Waals surface area contributed by atoms with Gasteiger partial charge in [0.05, 0.1) is 18.2 Å². The lowest BCUT2D eigenvalue weighted by Gasteiger charge is -2.16. The van der Waals surface area contributed by atoms with Gasteiger partial charge in [-0.15, -0.1) is 0 Å². The monoisotopic (exact) mass is 380 g/mol. The lowest BCUT2D eigenvalue weighted by atomic mass is 10.1. The third-order valence-corrected chi connectivity index (χ3v) is 4.69. The number of nitrogens with one attached hydrogen (secondary N) is 2. The predicted octanol–water partition coefficient (Wildman–Crippen LogP) is 3.66. The number of rotatable bonds is 7. The zero-order chi connectivity index (χ0) is 19.9. The number of ether oxygens (including phenoxy) is 1. The summed E-state index contributed by atoms with van der Waals surface area (Å²) in [6.07, 6.45) is 2.50. The Bertz CT molecular complexity index is 900. The molecule has 1 aliphatic rings. The minimum atomic E-state index is -0.351. The summed E-state index contributed by atoms with van der Waals surface area (Å²) in [5.41, 5.74) is 3.06. The van der Waals surface area contributed by atoms with E-state index in [0.29, 0.717) is 29.5 Å². The van der Waals surface area contributed by atoms with Gasteiger partial charge in [0.1, 0.15) is 11.6 Å². The fourth-order valence-electron chi connectivity index (χ4n) is 2.79. The first-order chi connectivity index (χ1) is 13.6. The van der Waals surface area contributed by atoms with E-state index in [2.05, 4.69) is 27.8 Å². The molecule has 0 heterocycles. The van der Waals surface area contributed by atoms with Crippen LogP contribution in [0.5, 0.6) is 5.75 Å². The molecule has 2 aromatic rings. The smallest absolute Gasteiger partial charge is 0.191 e. The number of hydrogen-bond donors (Lipinski definition) is 2. The number of nitriles is 1. The summed E-state index contributed by atoms with van der Waals surface area (Å²) in [4.78, 5) is 4.19. The van der Waals surface area contributed by atoms with Gasteiger partial charge in [0.2, 0.25) is 0 Å². The molecule has 146 valence electrons. The second-order valence-electron chi connectivity index (χ2n) is 7.06. The van der Waals surface area contributed by atoms with Gasteiger partial charge in [-0.05, 0) is 55.5 Å². The van der Waals surface area contributed by atoms with E-state index < -0.39 is 0 Å². The second-order valence-corrected chi connectivity index (χ2v) is 7.06. The van der Waals surface area contributed by atoms with E-state index in [4.69, 9.17) is 10.00 Å². The van der Waals surface area contributed by atoms with Crippen molar-refractivity contribution in [3.05, 3.63) is 64.5 Å². The first-order valence-corrected chi connectivity index (χ1v) is 9.44. The molecule has 5 nitrogen and oxygen atoms in total. The molecule has 2 N–H and O–H groups in total. The molecule has 1 fully saturated rings. The lowest BCUT2D eigenvalue weighted by Crippen LogP contribution is -2.36. The second kappa shape index (κ2) is 9.23. The summed E-state index contributed by atoms with van der Waals surface area (Å²) >= 11 is 0. The molecule has 0 spiro atoms. The zero-order valence-electron chi connectivity index (χ0n) is 16.3. The Kier molecular flexibility index (Phi) is 6.49. The molecular formula is C22H25FN4O. The van der Waals surface area contributed by atoms with Crippen molar-refractivity contribution in [2.24, 2.45) is 10.9 Å². The standard InChI is InChI=1S/C22H25FN4O/c1-15-3-7-18(21(9-15)28-14-16-4-5-16)12-26-22(25-2)27-13-19-10-17(11-24)6-8-20(19)23/h3,6-10,16H,4-5,12-14H2,1-2H3,(H2,25,26,27). The van der Waals surface area contributed by atoms with E-state index in [1.807, 2.05) is 19.1 Å². The van der Waals surface area contributed by atoms with Crippen LogP contribution in [0.15, 0.2) is 41.4 Å². The van der Waals surface area contributed by atoms with Gasteiger partial charge < -0.3 is 15.4 Å². The van der Waals surface area contributed by atoms with Crippen LogP contribution in [0.3, 0.4) is 0 Å².